The van der Waals surface area contributed by atoms with Crippen molar-refractivity contribution in [2.24, 2.45) is 5.73 Å². The lowest BCUT2D eigenvalue weighted by Gasteiger charge is -2.32. The molecule has 1 aromatic heterocycles. The molecule has 2 aromatic rings. The maximum atomic E-state index is 6.37. The Bertz CT molecular complexity index is 576. The van der Waals surface area contributed by atoms with Gasteiger partial charge in [0.05, 0.1) is 24.4 Å². The highest BCUT2D eigenvalue weighted by Gasteiger charge is 2.27. The van der Waals surface area contributed by atoms with E-state index in [1.54, 1.807) is 0 Å². The minimum atomic E-state index is -0.116. The average molecular weight is 270 g/mol. The highest BCUT2D eigenvalue weighted by Crippen LogP contribution is 2.26. The van der Waals surface area contributed by atoms with Crippen molar-refractivity contribution >= 4 is 10.9 Å². The van der Waals surface area contributed by atoms with Gasteiger partial charge in [-0.3, -0.25) is 4.98 Å². The third-order valence-corrected chi connectivity index (χ3v) is 4.14. The van der Waals surface area contributed by atoms with Gasteiger partial charge in [0.25, 0.3) is 0 Å². The zero-order valence-corrected chi connectivity index (χ0v) is 11.8. The molecule has 0 bridgehead atoms. The second kappa shape index (κ2) is 5.90. The molecule has 0 amide bonds. The number of hydrogen-bond acceptors (Lipinski definition) is 3. The number of hydrogen-bond donors (Lipinski definition) is 1. The van der Waals surface area contributed by atoms with Gasteiger partial charge in [-0.1, -0.05) is 43.5 Å². The monoisotopic (exact) mass is 270 g/mol. The van der Waals surface area contributed by atoms with Crippen molar-refractivity contribution < 1.29 is 4.74 Å². The van der Waals surface area contributed by atoms with E-state index in [1.165, 1.54) is 24.6 Å². The third kappa shape index (κ3) is 3.17. The van der Waals surface area contributed by atoms with Gasteiger partial charge in [0.15, 0.2) is 0 Å². The van der Waals surface area contributed by atoms with Gasteiger partial charge in [0.1, 0.15) is 0 Å². The molecule has 0 atom stereocenters. The highest BCUT2D eigenvalue weighted by atomic mass is 16.5. The first-order valence-electron chi connectivity index (χ1n) is 7.47. The molecule has 0 aliphatic heterocycles. The highest BCUT2D eigenvalue weighted by molar-refractivity contribution is 5.78. The Balaban J connectivity index is 1.59. The van der Waals surface area contributed by atoms with Crippen molar-refractivity contribution in [1.82, 2.24) is 4.98 Å². The van der Waals surface area contributed by atoms with E-state index >= 15 is 0 Å². The van der Waals surface area contributed by atoms with Gasteiger partial charge in [-0.05, 0) is 25.0 Å². The predicted molar refractivity (Wildman–Crippen MR) is 81.4 cm³/mol. The first-order valence-corrected chi connectivity index (χ1v) is 7.47. The summed E-state index contributed by atoms with van der Waals surface area (Å²) in [5, 5.41) is 1.17. The van der Waals surface area contributed by atoms with Crippen molar-refractivity contribution in [2.75, 3.05) is 6.61 Å². The van der Waals surface area contributed by atoms with Gasteiger partial charge < -0.3 is 10.5 Å². The Morgan fingerprint density at radius 3 is 2.70 bits per heavy atom. The third-order valence-electron chi connectivity index (χ3n) is 4.14. The van der Waals surface area contributed by atoms with E-state index in [1.807, 2.05) is 24.3 Å². The number of aromatic nitrogens is 1. The van der Waals surface area contributed by atoms with Crippen LogP contribution in [0.3, 0.4) is 0 Å². The Labute approximate surface area is 120 Å². The molecule has 1 fully saturated rings. The van der Waals surface area contributed by atoms with E-state index < -0.39 is 0 Å². The summed E-state index contributed by atoms with van der Waals surface area (Å²) in [6, 6.07) is 12.3. The van der Waals surface area contributed by atoms with Gasteiger partial charge in [0, 0.05) is 10.9 Å². The first kappa shape index (κ1) is 13.5. The number of rotatable bonds is 4. The van der Waals surface area contributed by atoms with E-state index in [0.717, 1.165) is 24.1 Å². The fraction of sp³-hybridized carbons (Fsp3) is 0.471. The fourth-order valence-electron chi connectivity index (χ4n) is 2.95. The molecule has 3 rings (SSSR count). The summed E-state index contributed by atoms with van der Waals surface area (Å²) >= 11 is 0. The quantitative estimate of drug-likeness (QED) is 0.926. The normalized spacial score (nSPS) is 18.2. The second-order valence-corrected chi connectivity index (χ2v) is 5.91. The summed E-state index contributed by atoms with van der Waals surface area (Å²) in [5.41, 5.74) is 8.25. The summed E-state index contributed by atoms with van der Waals surface area (Å²) < 4.78 is 5.82. The van der Waals surface area contributed by atoms with Crippen LogP contribution in [0.1, 0.15) is 37.8 Å². The van der Waals surface area contributed by atoms with E-state index in [0.29, 0.717) is 13.2 Å². The smallest absolute Gasteiger partial charge is 0.0889 e. The van der Waals surface area contributed by atoms with Crippen LogP contribution in [0.4, 0.5) is 0 Å². The number of nitrogens with two attached hydrogens (primary N) is 1. The Kier molecular flexibility index (Phi) is 3.99. The van der Waals surface area contributed by atoms with Crippen LogP contribution >= 0.6 is 0 Å². The van der Waals surface area contributed by atoms with E-state index in [-0.39, 0.29) is 5.54 Å². The molecule has 1 aliphatic carbocycles. The standard InChI is InChI=1S/C17H22N2O/c18-17(10-4-1-5-11-17)13-20-12-15-9-8-14-6-2-3-7-16(14)19-15/h2-3,6-9H,1,4-5,10-13,18H2. The summed E-state index contributed by atoms with van der Waals surface area (Å²) in [4.78, 5) is 4.61. The molecule has 0 unspecified atom stereocenters. The first-order chi connectivity index (χ1) is 9.75. The average Bonchev–Trinajstić information content (AvgIpc) is 2.48. The topological polar surface area (TPSA) is 48.1 Å². The van der Waals surface area contributed by atoms with E-state index in [9.17, 15) is 0 Å². The number of benzene rings is 1. The molecular formula is C17H22N2O. The molecule has 0 spiro atoms. The minimum Gasteiger partial charge on any atom is -0.373 e. The van der Waals surface area contributed by atoms with Gasteiger partial charge in [0.2, 0.25) is 0 Å². The number of para-hydroxylation sites is 1. The molecule has 1 aromatic carbocycles. The zero-order valence-electron chi connectivity index (χ0n) is 11.8. The molecule has 3 heteroatoms. The minimum absolute atomic E-state index is 0.116. The van der Waals surface area contributed by atoms with Crippen molar-refractivity contribution in [3.63, 3.8) is 0 Å². The van der Waals surface area contributed by atoms with Crippen LogP contribution in [-0.4, -0.2) is 17.1 Å². The van der Waals surface area contributed by atoms with Crippen molar-refractivity contribution in [1.29, 1.82) is 0 Å². The molecule has 2 N–H and O–H groups in total. The van der Waals surface area contributed by atoms with Gasteiger partial charge in [-0.15, -0.1) is 0 Å². The largest absolute Gasteiger partial charge is 0.373 e. The second-order valence-electron chi connectivity index (χ2n) is 5.91. The number of fused-ring (bicyclic) bond motifs is 1. The Morgan fingerprint density at radius 1 is 1.05 bits per heavy atom. The van der Waals surface area contributed by atoms with Crippen LogP contribution in [-0.2, 0) is 11.3 Å². The van der Waals surface area contributed by atoms with Crippen LogP contribution in [0.15, 0.2) is 36.4 Å². The van der Waals surface area contributed by atoms with Crippen molar-refractivity contribution in [2.45, 2.75) is 44.2 Å². The lowest BCUT2D eigenvalue weighted by atomic mass is 9.83. The number of ether oxygens (including phenoxy) is 1. The maximum Gasteiger partial charge on any atom is 0.0889 e. The molecule has 3 nitrogen and oxygen atoms in total. The molecule has 0 radical (unpaired) electrons. The van der Waals surface area contributed by atoms with Crippen LogP contribution in [0.25, 0.3) is 10.9 Å². The molecule has 1 heterocycles. The molecule has 1 aliphatic rings. The Hall–Kier alpha value is -1.45. The van der Waals surface area contributed by atoms with E-state index in [2.05, 4.69) is 17.1 Å². The lowest BCUT2D eigenvalue weighted by Crippen LogP contribution is -2.46. The summed E-state index contributed by atoms with van der Waals surface area (Å²) in [7, 11) is 0. The predicted octanol–water partition coefficient (Wildman–Crippen LogP) is 3.41. The van der Waals surface area contributed by atoms with E-state index in [4.69, 9.17) is 10.5 Å². The fourth-order valence-corrected chi connectivity index (χ4v) is 2.95. The summed E-state index contributed by atoms with van der Waals surface area (Å²) in [6.45, 7) is 1.19. The lowest BCUT2D eigenvalue weighted by molar-refractivity contribution is 0.0559. The van der Waals surface area contributed by atoms with Gasteiger partial charge in [-0.2, -0.15) is 0 Å². The van der Waals surface area contributed by atoms with Gasteiger partial charge in [-0.25, -0.2) is 0 Å². The molecule has 0 saturated heterocycles. The summed E-state index contributed by atoms with van der Waals surface area (Å²) in [5.74, 6) is 0. The maximum absolute atomic E-state index is 6.37. The van der Waals surface area contributed by atoms with Crippen molar-refractivity contribution in [3.05, 3.63) is 42.1 Å². The number of nitrogens with zero attached hydrogens (tertiary/aromatic N) is 1. The Morgan fingerprint density at radius 2 is 1.85 bits per heavy atom. The van der Waals surface area contributed by atoms with Crippen LogP contribution < -0.4 is 5.73 Å². The summed E-state index contributed by atoms with van der Waals surface area (Å²) in [6.07, 6.45) is 5.93. The van der Waals surface area contributed by atoms with Crippen LogP contribution in [0, 0.1) is 0 Å². The number of pyridine rings is 1. The molecule has 20 heavy (non-hydrogen) atoms. The van der Waals surface area contributed by atoms with Crippen LogP contribution in [0.5, 0.6) is 0 Å². The molecule has 106 valence electrons. The molecular weight excluding hydrogens is 248 g/mol. The van der Waals surface area contributed by atoms with Crippen LogP contribution in [0.2, 0.25) is 0 Å². The van der Waals surface area contributed by atoms with Gasteiger partial charge >= 0.3 is 0 Å². The van der Waals surface area contributed by atoms with Crippen molar-refractivity contribution in [3.8, 4) is 0 Å². The zero-order chi connectivity index (χ0) is 13.8. The molecule has 1 saturated carbocycles. The SMILES string of the molecule is NC1(COCc2ccc3ccccc3n2)CCCCC1.